The molecule has 0 fully saturated rings. The lowest BCUT2D eigenvalue weighted by molar-refractivity contribution is 0.670. The fraction of sp³-hybridized carbons (Fsp3) is 0.261. The smallest absolute Gasteiger partial charge is 0.191 e. The van der Waals surface area contributed by atoms with Gasteiger partial charge in [0.05, 0.1) is 6.04 Å². The molecular formula is C23H27IN6. The van der Waals surface area contributed by atoms with Crippen LogP contribution in [0.4, 0.5) is 0 Å². The Balaban J connectivity index is 0.00000256. The molecule has 4 rings (SSSR count). The fourth-order valence-electron chi connectivity index (χ4n) is 3.62. The molecule has 1 unspecified atom stereocenters. The number of nitrogens with zero attached hydrogens (tertiary/aromatic N) is 4. The van der Waals surface area contributed by atoms with E-state index < -0.39 is 0 Å². The van der Waals surface area contributed by atoms with Gasteiger partial charge in [-0.1, -0.05) is 48.5 Å². The Morgan fingerprint density at radius 3 is 2.70 bits per heavy atom. The van der Waals surface area contributed by atoms with Crippen molar-refractivity contribution >= 4 is 46.4 Å². The standard InChI is InChI=1S/C23H26N6.HI/c1-17(19-12-7-10-18-9-3-4-11-20(18)19)26-23(24-2)25-15-8-14-22-28-27-21-13-5-6-16-29(21)22;/h3-7,9-13,16-17H,8,14-15H2,1-2H3,(H2,24,25,26);1H. The number of halogens is 1. The molecule has 0 spiro atoms. The number of hydrogen-bond acceptors (Lipinski definition) is 3. The number of benzene rings is 2. The van der Waals surface area contributed by atoms with E-state index in [2.05, 4.69) is 75.2 Å². The number of guanidine groups is 1. The highest BCUT2D eigenvalue weighted by molar-refractivity contribution is 14.0. The highest BCUT2D eigenvalue weighted by Gasteiger charge is 2.11. The van der Waals surface area contributed by atoms with Gasteiger partial charge in [-0.3, -0.25) is 9.39 Å². The highest BCUT2D eigenvalue weighted by Crippen LogP contribution is 2.23. The summed E-state index contributed by atoms with van der Waals surface area (Å²) >= 11 is 0. The molecule has 0 aliphatic rings. The molecule has 2 heterocycles. The van der Waals surface area contributed by atoms with Gasteiger partial charge in [0.15, 0.2) is 11.6 Å². The van der Waals surface area contributed by atoms with Crippen molar-refractivity contribution in [1.82, 2.24) is 25.2 Å². The quantitative estimate of drug-likeness (QED) is 0.174. The second kappa shape index (κ2) is 10.4. The molecule has 0 saturated carbocycles. The molecule has 2 aromatic heterocycles. The van der Waals surface area contributed by atoms with Crippen LogP contribution in [0.3, 0.4) is 0 Å². The summed E-state index contributed by atoms with van der Waals surface area (Å²) in [4.78, 5) is 4.38. The summed E-state index contributed by atoms with van der Waals surface area (Å²) in [5, 5.41) is 17.9. The van der Waals surface area contributed by atoms with Crippen LogP contribution in [0.2, 0.25) is 0 Å². The van der Waals surface area contributed by atoms with Gasteiger partial charge in [0, 0.05) is 26.2 Å². The SMILES string of the molecule is CN=C(NCCCc1nnc2ccccn12)NC(C)c1cccc2ccccc12.I. The maximum atomic E-state index is 4.38. The summed E-state index contributed by atoms with van der Waals surface area (Å²) in [6, 6.07) is 21.0. The van der Waals surface area contributed by atoms with E-state index in [1.54, 1.807) is 7.05 Å². The molecular weight excluding hydrogens is 487 g/mol. The van der Waals surface area contributed by atoms with E-state index in [9.17, 15) is 0 Å². The predicted octanol–water partition coefficient (Wildman–Crippen LogP) is 4.36. The minimum Gasteiger partial charge on any atom is -0.356 e. The summed E-state index contributed by atoms with van der Waals surface area (Å²) in [6.45, 7) is 2.97. The third-order valence-corrected chi connectivity index (χ3v) is 5.12. The molecule has 0 bridgehead atoms. The van der Waals surface area contributed by atoms with E-state index in [4.69, 9.17) is 0 Å². The van der Waals surface area contributed by atoms with Gasteiger partial charge in [0.1, 0.15) is 5.82 Å². The minimum atomic E-state index is 0. The van der Waals surface area contributed by atoms with Gasteiger partial charge in [-0.25, -0.2) is 0 Å². The lowest BCUT2D eigenvalue weighted by atomic mass is 10.00. The van der Waals surface area contributed by atoms with Gasteiger partial charge in [-0.05, 0) is 41.8 Å². The van der Waals surface area contributed by atoms with Gasteiger partial charge in [-0.2, -0.15) is 0 Å². The average molecular weight is 514 g/mol. The van der Waals surface area contributed by atoms with Gasteiger partial charge in [-0.15, -0.1) is 34.2 Å². The van der Waals surface area contributed by atoms with E-state index in [0.29, 0.717) is 0 Å². The molecule has 0 aliphatic heterocycles. The zero-order chi connectivity index (χ0) is 20.1. The second-order valence-corrected chi connectivity index (χ2v) is 7.08. The zero-order valence-corrected chi connectivity index (χ0v) is 19.6. The van der Waals surface area contributed by atoms with Crippen LogP contribution in [0.1, 0.15) is 30.8 Å². The second-order valence-electron chi connectivity index (χ2n) is 7.08. The summed E-state index contributed by atoms with van der Waals surface area (Å²) < 4.78 is 2.04. The summed E-state index contributed by atoms with van der Waals surface area (Å²) in [6.07, 6.45) is 3.80. The molecule has 4 aromatic rings. The Kier molecular flexibility index (Phi) is 7.62. The molecule has 0 radical (unpaired) electrons. The van der Waals surface area contributed by atoms with Crippen molar-refractivity contribution in [3.8, 4) is 0 Å². The molecule has 2 aromatic carbocycles. The molecule has 0 amide bonds. The lowest BCUT2D eigenvalue weighted by Crippen LogP contribution is -2.39. The Bertz CT molecular complexity index is 1130. The number of aliphatic imine (C=N–C) groups is 1. The highest BCUT2D eigenvalue weighted by atomic mass is 127. The van der Waals surface area contributed by atoms with E-state index in [0.717, 1.165) is 36.8 Å². The minimum absolute atomic E-state index is 0. The number of nitrogens with one attached hydrogen (secondary N) is 2. The number of hydrogen-bond donors (Lipinski definition) is 2. The van der Waals surface area contributed by atoms with Crippen molar-refractivity contribution in [2.24, 2.45) is 4.99 Å². The van der Waals surface area contributed by atoms with Crippen LogP contribution in [0.15, 0.2) is 71.9 Å². The maximum absolute atomic E-state index is 4.38. The first kappa shape index (κ1) is 22.0. The lowest BCUT2D eigenvalue weighted by Gasteiger charge is -2.19. The van der Waals surface area contributed by atoms with Crippen LogP contribution in [0.25, 0.3) is 16.4 Å². The van der Waals surface area contributed by atoms with E-state index >= 15 is 0 Å². The Morgan fingerprint density at radius 2 is 1.83 bits per heavy atom. The molecule has 0 aliphatic carbocycles. The number of aryl methyl sites for hydroxylation is 1. The first-order valence-corrected chi connectivity index (χ1v) is 10.00. The largest absolute Gasteiger partial charge is 0.356 e. The van der Waals surface area contributed by atoms with Gasteiger partial charge < -0.3 is 10.6 Å². The van der Waals surface area contributed by atoms with Crippen LogP contribution in [0.5, 0.6) is 0 Å². The summed E-state index contributed by atoms with van der Waals surface area (Å²) in [5.41, 5.74) is 2.15. The van der Waals surface area contributed by atoms with Crippen molar-refractivity contribution in [1.29, 1.82) is 0 Å². The van der Waals surface area contributed by atoms with Gasteiger partial charge >= 0.3 is 0 Å². The number of aromatic nitrogens is 3. The number of fused-ring (bicyclic) bond motifs is 2. The number of rotatable bonds is 6. The molecule has 156 valence electrons. The van der Waals surface area contributed by atoms with Crippen molar-refractivity contribution in [2.75, 3.05) is 13.6 Å². The van der Waals surface area contributed by atoms with Crippen molar-refractivity contribution in [2.45, 2.75) is 25.8 Å². The Labute approximate surface area is 193 Å². The van der Waals surface area contributed by atoms with Crippen molar-refractivity contribution in [3.05, 3.63) is 78.2 Å². The average Bonchev–Trinajstić information content (AvgIpc) is 3.18. The van der Waals surface area contributed by atoms with Crippen molar-refractivity contribution < 1.29 is 0 Å². The molecule has 2 N–H and O–H groups in total. The van der Waals surface area contributed by atoms with Crippen LogP contribution in [-0.4, -0.2) is 34.2 Å². The van der Waals surface area contributed by atoms with Crippen LogP contribution >= 0.6 is 24.0 Å². The normalized spacial score (nSPS) is 12.5. The van der Waals surface area contributed by atoms with E-state index in [-0.39, 0.29) is 30.0 Å². The molecule has 7 heteroatoms. The Hall–Kier alpha value is -2.68. The van der Waals surface area contributed by atoms with Gasteiger partial charge in [0.25, 0.3) is 0 Å². The first-order chi connectivity index (χ1) is 14.3. The van der Waals surface area contributed by atoms with Crippen LogP contribution in [-0.2, 0) is 6.42 Å². The molecule has 0 saturated heterocycles. The van der Waals surface area contributed by atoms with E-state index in [1.165, 1.54) is 16.3 Å². The molecule has 6 nitrogen and oxygen atoms in total. The Morgan fingerprint density at radius 1 is 1.03 bits per heavy atom. The molecule has 1 atom stereocenters. The fourth-order valence-corrected chi connectivity index (χ4v) is 3.62. The monoisotopic (exact) mass is 514 g/mol. The zero-order valence-electron chi connectivity index (χ0n) is 17.2. The first-order valence-electron chi connectivity index (χ1n) is 10.00. The third kappa shape index (κ3) is 4.89. The van der Waals surface area contributed by atoms with E-state index in [1.807, 2.05) is 28.8 Å². The molecule has 30 heavy (non-hydrogen) atoms. The maximum Gasteiger partial charge on any atom is 0.191 e. The summed E-state index contributed by atoms with van der Waals surface area (Å²) in [5.74, 6) is 1.78. The predicted molar refractivity (Wildman–Crippen MR) is 134 cm³/mol. The van der Waals surface area contributed by atoms with Crippen molar-refractivity contribution in [3.63, 3.8) is 0 Å². The van der Waals surface area contributed by atoms with Crippen LogP contribution in [0, 0.1) is 0 Å². The number of pyridine rings is 1. The third-order valence-electron chi connectivity index (χ3n) is 5.12. The van der Waals surface area contributed by atoms with Crippen LogP contribution < -0.4 is 10.6 Å². The van der Waals surface area contributed by atoms with Gasteiger partial charge in [0.2, 0.25) is 0 Å². The topological polar surface area (TPSA) is 66.6 Å². The summed E-state index contributed by atoms with van der Waals surface area (Å²) in [7, 11) is 1.80.